The summed E-state index contributed by atoms with van der Waals surface area (Å²) >= 11 is 1.32. The maximum absolute atomic E-state index is 13.0. The minimum absolute atomic E-state index is 0.130. The van der Waals surface area contributed by atoms with Crippen molar-refractivity contribution in [2.75, 3.05) is 18.9 Å². The number of primary amides is 1. The first-order chi connectivity index (χ1) is 14.3. The zero-order chi connectivity index (χ0) is 21.8. The maximum Gasteiger partial charge on any atom is 0.313 e. The number of carbonyl (C=O) groups is 4. The van der Waals surface area contributed by atoms with Gasteiger partial charge in [0.15, 0.2) is 0 Å². The molecule has 1 saturated heterocycles. The molecule has 30 heavy (non-hydrogen) atoms. The number of nitrogens with zero attached hydrogens (tertiary/aromatic N) is 2. The van der Waals surface area contributed by atoms with Crippen molar-refractivity contribution in [3.8, 4) is 0 Å². The summed E-state index contributed by atoms with van der Waals surface area (Å²) in [5.41, 5.74) is 5.57. The van der Waals surface area contributed by atoms with E-state index in [9.17, 15) is 19.2 Å². The smallest absolute Gasteiger partial charge is 0.313 e. The molecule has 10 heteroatoms. The number of likely N-dealkylation sites (tertiary alicyclic amines) is 1. The van der Waals surface area contributed by atoms with Crippen LogP contribution in [0.4, 0.5) is 5.69 Å². The van der Waals surface area contributed by atoms with Gasteiger partial charge in [0.25, 0.3) is 5.91 Å². The number of nitrogens with two attached hydrogens (primary N) is 1. The van der Waals surface area contributed by atoms with E-state index in [1.807, 2.05) is 13.0 Å². The van der Waals surface area contributed by atoms with E-state index in [-0.39, 0.29) is 29.1 Å². The SMILES string of the molecule is CNC(=O)c1ccc(C2CCC(C)CN2C(=O)C(=O)Nc2cncc(C(N)=O)c2)s1. The molecule has 0 radical (unpaired) electrons. The molecule has 4 amide bonds. The average Bonchev–Trinajstić information content (AvgIpc) is 3.22. The molecular weight excluding hydrogens is 406 g/mol. The van der Waals surface area contributed by atoms with Crippen LogP contribution >= 0.6 is 11.3 Å². The molecule has 1 fully saturated rings. The van der Waals surface area contributed by atoms with Crippen LogP contribution < -0.4 is 16.4 Å². The van der Waals surface area contributed by atoms with Gasteiger partial charge in [0, 0.05) is 24.7 Å². The normalized spacial score (nSPS) is 18.5. The molecule has 0 bridgehead atoms. The summed E-state index contributed by atoms with van der Waals surface area (Å²) in [6.45, 7) is 2.46. The predicted octanol–water partition coefficient (Wildman–Crippen LogP) is 1.54. The second-order valence-electron chi connectivity index (χ2n) is 7.22. The number of amides is 4. The maximum atomic E-state index is 13.0. The van der Waals surface area contributed by atoms with Gasteiger partial charge < -0.3 is 21.3 Å². The van der Waals surface area contributed by atoms with E-state index in [0.29, 0.717) is 17.8 Å². The minimum atomic E-state index is -0.819. The zero-order valence-electron chi connectivity index (χ0n) is 16.7. The first-order valence-electron chi connectivity index (χ1n) is 9.48. The molecule has 3 heterocycles. The third kappa shape index (κ3) is 4.65. The number of hydrogen-bond donors (Lipinski definition) is 3. The standard InChI is InChI=1S/C20H23N5O4S/c1-11-3-4-14(15-5-6-16(30-15)18(27)22-2)25(10-11)20(29)19(28)24-13-7-12(17(21)26)8-23-9-13/h5-9,11,14H,3-4,10H2,1-2H3,(H2,21,26)(H,22,27)(H,24,28). The third-order valence-corrected chi connectivity index (χ3v) is 6.14. The number of hydrogen-bond acceptors (Lipinski definition) is 6. The highest BCUT2D eigenvalue weighted by Gasteiger charge is 2.35. The van der Waals surface area contributed by atoms with Crippen molar-refractivity contribution in [1.82, 2.24) is 15.2 Å². The Hall–Kier alpha value is -3.27. The number of piperidine rings is 1. The van der Waals surface area contributed by atoms with Crippen LogP contribution in [0, 0.1) is 5.92 Å². The molecule has 2 aromatic rings. The van der Waals surface area contributed by atoms with E-state index >= 15 is 0 Å². The lowest BCUT2D eigenvalue weighted by atomic mass is 9.93. The van der Waals surface area contributed by atoms with Crippen LogP contribution in [0.25, 0.3) is 0 Å². The molecule has 1 aliphatic rings. The fraction of sp³-hybridized carbons (Fsp3) is 0.350. The van der Waals surface area contributed by atoms with Crippen LogP contribution in [-0.2, 0) is 9.59 Å². The van der Waals surface area contributed by atoms with Crippen molar-refractivity contribution in [2.24, 2.45) is 11.7 Å². The van der Waals surface area contributed by atoms with E-state index in [2.05, 4.69) is 15.6 Å². The van der Waals surface area contributed by atoms with Gasteiger partial charge in [-0.1, -0.05) is 6.92 Å². The molecule has 1 aliphatic heterocycles. The topological polar surface area (TPSA) is 134 Å². The van der Waals surface area contributed by atoms with Gasteiger partial charge in [0.1, 0.15) is 0 Å². The van der Waals surface area contributed by atoms with Crippen LogP contribution in [0.15, 0.2) is 30.6 Å². The number of anilines is 1. The summed E-state index contributed by atoms with van der Waals surface area (Å²) in [4.78, 5) is 55.6. The van der Waals surface area contributed by atoms with E-state index in [1.165, 1.54) is 29.8 Å². The largest absolute Gasteiger partial charge is 0.366 e. The first-order valence-corrected chi connectivity index (χ1v) is 10.3. The van der Waals surface area contributed by atoms with Crippen molar-refractivity contribution >= 4 is 40.7 Å². The van der Waals surface area contributed by atoms with E-state index in [1.54, 1.807) is 18.0 Å². The fourth-order valence-corrected chi connectivity index (χ4v) is 4.51. The van der Waals surface area contributed by atoms with Crippen molar-refractivity contribution in [2.45, 2.75) is 25.8 Å². The third-order valence-electron chi connectivity index (χ3n) is 4.96. The zero-order valence-corrected chi connectivity index (χ0v) is 17.5. The van der Waals surface area contributed by atoms with E-state index in [0.717, 1.165) is 11.3 Å². The Morgan fingerprint density at radius 2 is 1.97 bits per heavy atom. The van der Waals surface area contributed by atoms with Crippen molar-refractivity contribution in [3.05, 3.63) is 45.9 Å². The first kappa shape index (κ1) is 21.4. The molecule has 158 valence electrons. The second kappa shape index (κ2) is 9.04. The van der Waals surface area contributed by atoms with Gasteiger partial charge in [-0.15, -0.1) is 11.3 Å². The summed E-state index contributed by atoms with van der Waals surface area (Å²) < 4.78 is 0. The average molecular weight is 430 g/mol. The molecule has 0 aromatic carbocycles. The van der Waals surface area contributed by atoms with Crippen LogP contribution in [0.5, 0.6) is 0 Å². The number of rotatable bonds is 4. The summed E-state index contributed by atoms with van der Waals surface area (Å²) in [6.07, 6.45) is 4.23. The molecule has 2 atom stereocenters. The minimum Gasteiger partial charge on any atom is -0.366 e. The van der Waals surface area contributed by atoms with Gasteiger partial charge in [-0.25, -0.2) is 0 Å². The summed E-state index contributed by atoms with van der Waals surface area (Å²) in [5, 5.41) is 5.08. The monoisotopic (exact) mass is 429 g/mol. The Morgan fingerprint density at radius 1 is 1.20 bits per heavy atom. The number of nitrogens with one attached hydrogen (secondary N) is 2. The van der Waals surface area contributed by atoms with Crippen LogP contribution in [0.3, 0.4) is 0 Å². The van der Waals surface area contributed by atoms with Crippen molar-refractivity contribution < 1.29 is 19.2 Å². The molecule has 0 spiro atoms. The Kier molecular flexibility index (Phi) is 6.46. The van der Waals surface area contributed by atoms with Crippen molar-refractivity contribution in [3.63, 3.8) is 0 Å². The Morgan fingerprint density at radius 3 is 2.67 bits per heavy atom. The number of aromatic nitrogens is 1. The molecule has 2 aromatic heterocycles. The Bertz CT molecular complexity index is 989. The quantitative estimate of drug-likeness (QED) is 0.634. The summed E-state index contributed by atoms with van der Waals surface area (Å²) in [5.74, 6) is -2.12. The van der Waals surface area contributed by atoms with Gasteiger partial charge in [-0.3, -0.25) is 24.2 Å². The van der Waals surface area contributed by atoms with Gasteiger partial charge in [0.05, 0.1) is 28.4 Å². The molecule has 9 nitrogen and oxygen atoms in total. The van der Waals surface area contributed by atoms with Gasteiger partial charge >= 0.3 is 11.8 Å². The van der Waals surface area contributed by atoms with Gasteiger partial charge in [-0.2, -0.15) is 0 Å². The molecule has 0 saturated carbocycles. The molecular formula is C20H23N5O4S. The van der Waals surface area contributed by atoms with Crippen LogP contribution in [0.1, 0.15) is 50.7 Å². The van der Waals surface area contributed by atoms with E-state index in [4.69, 9.17) is 5.73 Å². The number of thiophene rings is 1. The fourth-order valence-electron chi connectivity index (χ4n) is 3.41. The highest BCUT2D eigenvalue weighted by Crippen LogP contribution is 2.37. The summed E-state index contributed by atoms with van der Waals surface area (Å²) in [7, 11) is 1.56. The lowest BCUT2D eigenvalue weighted by molar-refractivity contribution is -0.146. The Labute approximate surface area is 177 Å². The summed E-state index contributed by atoms with van der Waals surface area (Å²) in [6, 6.07) is 4.64. The van der Waals surface area contributed by atoms with E-state index < -0.39 is 17.7 Å². The van der Waals surface area contributed by atoms with Crippen LogP contribution in [0.2, 0.25) is 0 Å². The lowest BCUT2D eigenvalue weighted by Crippen LogP contribution is -2.46. The molecule has 3 rings (SSSR count). The Balaban J connectivity index is 1.79. The number of carbonyl (C=O) groups excluding carboxylic acids is 4. The highest BCUT2D eigenvalue weighted by molar-refractivity contribution is 7.14. The molecule has 4 N–H and O–H groups in total. The van der Waals surface area contributed by atoms with Crippen LogP contribution in [-0.4, -0.2) is 47.1 Å². The highest BCUT2D eigenvalue weighted by atomic mass is 32.1. The number of pyridine rings is 1. The predicted molar refractivity (Wildman–Crippen MR) is 112 cm³/mol. The molecule has 0 aliphatic carbocycles. The second-order valence-corrected chi connectivity index (χ2v) is 8.33. The van der Waals surface area contributed by atoms with Gasteiger partial charge in [0.2, 0.25) is 5.91 Å². The lowest BCUT2D eigenvalue weighted by Gasteiger charge is -2.37. The van der Waals surface area contributed by atoms with Crippen molar-refractivity contribution in [1.29, 1.82) is 0 Å². The van der Waals surface area contributed by atoms with Gasteiger partial charge in [-0.05, 0) is 37.0 Å². The molecule has 2 unspecified atom stereocenters.